The lowest BCUT2D eigenvalue weighted by Crippen LogP contribution is -2.03. The predicted molar refractivity (Wildman–Crippen MR) is 91.5 cm³/mol. The Morgan fingerprint density at radius 1 is 0.826 bits per heavy atom. The number of rotatable bonds is 5. The molecule has 3 heteroatoms. The summed E-state index contributed by atoms with van der Waals surface area (Å²) in [6, 6.07) is 19.0. The van der Waals surface area contributed by atoms with Crippen LogP contribution in [0.1, 0.15) is 15.9 Å². The van der Waals surface area contributed by atoms with Crippen molar-refractivity contribution in [3.8, 4) is 11.5 Å². The van der Waals surface area contributed by atoms with Gasteiger partial charge in [0, 0.05) is 22.8 Å². The van der Waals surface area contributed by atoms with Crippen LogP contribution in [0.3, 0.4) is 0 Å². The number of fused-ring (bicyclic) bond motifs is 1. The van der Waals surface area contributed by atoms with Crippen LogP contribution in [-0.4, -0.2) is 20.0 Å². The fourth-order valence-electron chi connectivity index (χ4n) is 2.72. The second-order valence-corrected chi connectivity index (χ2v) is 5.32. The SMILES string of the molecule is COc1ccc(OC)c2cc(CC(=O)c3ccccc3)ccc12. The highest BCUT2D eigenvalue weighted by molar-refractivity contribution is 5.99. The van der Waals surface area contributed by atoms with Crippen molar-refractivity contribution in [2.75, 3.05) is 14.2 Å². The molecule has 0 aliphatic heterocycles. The average Bonchev–Trinajstić information content (AvgIpc) is 2.61. The van der Waals surface area contributed by atoms with Crippen molar-refractivity contribution in [3.05, 3.63) is 71.8 Å². The van der Waals surface area contributed by atoms with Crippen molar-refractivity contribution in [3.63, 3.8) is 0 Å². The third-order valence-electron chi connectivity index (χ3n) is 3.90. The van der Waals surface area contributed by atoms with E-state index in [-0.39, 0.29) is 5.78 Å². The summed E-state index contributed by atoms with van der Waals surface area (Å²) in [5.74, 6) is 1.67. The lowest BCUT2D eigenvalue weighted by atomic mass is 9.99. The molecule has 0 fully saturated rings. The summed E-state index contributed by atoms with van der Waals surface area (Å²) in [5.41, 5.74) is 1.68. The minimum Gasteiger partial charge on any atom is -0.496 e. The Kier molecular flexibility index (Phi) is 4.29. The van der Waals surface area contributed by atoms with Crippen LogP contribution in [0, 0.1) is 0 Å². The molecule has 3 nitrogen and oxygen atoms in total. The van der Waals surface area contributed by atoms with E-state index in [4.69, 9.17) is 9.47 Å². The number of Topliss-reactive ketones (excluding diaryl/α,β-unsaturated/α-hetero) is 1. The largest absolute Gasteiger partial charge is 0.496 e. The molecule has 0 radical (unpaired) electrons. The maximum Gasteiger partial charge on any atom is 0.167 e. The lowest BCUT2D eigenvalue weighted by molar-refractivity contribution is 0.0993. The van der Waals surface area contributed by atoms with Gasteiger partial charge in [-0.1, -0.05) is 42.5 Å². The normalized spacial score (nSPS) is 10.5. The molecule has 116 valence electrons. The third-order valence-corrected chi connectivity index (χ3v) is 3.90. The van der Waals surface area contributed by atoms with E-state index >= 15 is 0 Å². The molecule has 0 heterocycles. The Labute approximate surface area is 135 Å². The quantitative estimate of drug-likeness (QED) is 0.660. The predicted octanol–water partition coefficient (Wildman–Crippen LogP) is 4.28. The molecule has 0 aromatic heterocycles. The average molecular weight is 306 g/mol. The molecule has 0 unspecified atom stereocenters. The van der Waals surface area contributed by atoms with Crippen molar-refractivity contribution in [1.29, 1.82) is 0 Å². The Bertz CT molecular complexity index is 838. The summed E-state index contributed by atoms with van der Waals surface area (Å²) in [5, 5.41) is 1.92. The van der Waals surface area contributed by atoms with Crippen LogP contribution in [0.25, 0.3) is 10.8 Å². The van der Waals surface area contributed by atoms with Crippen LogP contribution in [-0.2, 0) is 6.42 Å². The van der Waals surface area contributed by atoms with Crippen molar-refractivity contribution < 1.29 is 14.3 Å². The van der Waals surface area contributed by atoms with Crippen molar-refractivity contribution in [2.24, 2.45) is 0 Å². The van der Waals surface area contributed by atoms with Crippen molar-refractivity contribution >= 4 is 16.6 Å². The van der Waals surface area contributed by atoms with Crippen molar-refractivity contribution in [2.45, 2.75) is 6.42 Å². The van der Waals surface area contributed by atoms with Gasteiger partial charge in [-0.2, -0.15) is 0 Å². The maximum absolute atomic E-state index is 12.4. The van der Waals surface area contributed by atoms with E-state index in [2.05, 4.69) is 0 Å². The summed E-state index contributed by atoms with van der Waals surface area (Å²) in [7, 11) is 3.29. The Balaban J connectivity index is 1.98. The first-order valence-corrected chi connectivity index (χ1v) is 7.45. The topological polar surface area (TPSA) is 35.5 Å². The molecule has 0 aliphatic rings. The fraction of sp³-hybridized carbons (Fsp3) is 0.150. The number of ketones is 1. The minimum atomic E-state index is 0.104. The molecule has 3 aromatic carbocycles. The first-order valence-electron chi connectivity index (χ1n) is 7.45. The van der Waals surface area contributed by atoms with E-state index in [9.17, 15) is 4.79 Å². The number of benzene rings is 3. The van der Waals surface area contributed by atoms with Crippen LogP contribution < -0.4 is 9.47 Å². The number of ether oxygens (including phenoxy) is 2. The van der Waals surface area contributed by atoms with Crippen LogP contribution in [0.15, 0.2) is 60.7 Å². The standard InChI is InChI=1S/C20H18O3/c1-22-19-10-11-20(23-2)17-12-14(8-9-16(17)19)13-18(21)15-6-4-3-5-7-15/h3-12H,13H2,1-2H3. The molecular weight excluding hydrogens is 288 g/mol. The molecule has 0 N–H and O–H groups in total. The molecule has 0 amide bonds. The summed E-state index contributed by atoms with van der Waals surface area (Å²) in [6.07, 6.45) is 0.361. The van der Waals surface area contributed by atoms with E-state index in [1.807, 2.05) is 60.7 Å². The molecule has 3 aromatic rings. The maximum atomic E-state index is 12.4. The van der Waals surface area contributed by atoms with E-state index < -0.39 is 0 Å². The minimum absolute atomic E-state index is 0.104. The molecule has 23 heavy (non-hydrogen) atoms. The third kappa shape index (κ3) is 3.04. The molecule has 0 saturated heterocycles. The zero-order chi connectivity index (χ0) is 16.2. The molecular formula is C20H18O3. The highest BCUT2D eigenvalue weighted by atomic mass is 16.5. The number of hydrogen-bond acceptors (Lipinski definition) is 3. The number of carbonyl (C=O) groups is 1. The number of carbonyl (C=O) groups excluding carboxylic acids is 1. The number of methoxy groups -OCH3 is 2. The summed E-state index contributed by atoms with van der Waals surface area (Å²) in [4.78, 5) is 12.4. The van der Waals surface area contributed by atoms with Crippen molar-refractivity contribution in [1.82, 2.24) is 0 Å². The van der Waals surface area contributed by atoms with Gasteiger partial charge in [0.15, 0.2) is 5.78 Å². The summed E-state index contributed by atoms with van der Waals surface area (Å²) < 4.78 is 10.8. The van der Waals surface area contributed by atoms with Gasteiger partial charge in [-0.05, 0) is 23.8 Å². The smallest absolute Gasteiger partial charge is 0.167 e. The highest BCUT2D eigenvalue weighted by Crippen LogP contribution is 2.33. The van der Waals surface area contributed by atoms with Crippen LogP contribution in [0.2, 0.25) is 0 Å². The van der Waals surface area contributed by atoms with E-state index in [0.717, 1.165) is 33.4 Å². The van der Waals surface area contributed by atoms with Gasteiger partial charge in [-0.25, -0.2) is 0 Å². The zero-order valence-corrected chi connectivity index (χ0v) is 13.2. The number of hydrogen-bond donors (Lipinski definition) is 0. The van der Waals surface area contributed by atoms with Crippen LogP contribution in [0.4, 0.5) is 0 Å². The molecule has 3 rings (SSSR count). The van der Waals surface area contributed by atoms with Crippen LogP contribution in [0.5, 0.6) is 11.5 Å². The first kappa shape index (κ1) is 15.1. The van der Waals surface area contributed by atoms with Gasteiger partial charge in [-0.15, -0.1) is 0 Å². The lowest BCUT2D eigenvalue weighted by Gasteiger charge is -2.11. The molecule has 0 aliphatic carbocycles. The molecule has 0 bridgehead atoms. The van der Waals surface area contributed by atoms with Gasteiger partial charge >= 0.3 is 0 Å². The Morgan fingerprint density at radius 2 is 1.48 bits per heavy atom. The molecule has 0 spiro atoms. The Hall–Kier alpha value is -2.81. The van der Waals surface area contributed by atoms with Gasteiger partial charge < -0.3 is 9.47 Å². The summed E-state index contributed by atoms with van der Waals surface area (Å²) in [6.45, 7) is 0. The monoisotopic (exact) mass is 306 g/mol. The molecule has 0 saturated carbocycles. The van der Waals surface area contributed by atoms with E-state index in [0.29, 0.717) is 6.42 Å². The van der Waals surface area contributed by atoms with E-state index in [1.165, 1.54) is 0 Å². The Morgan fingerprint density at radius 3 is 2.13 bits per heavy atom. The van der Waals surface area contributed by atoms with Gasteiger partial charge in [0.2, 0.25) is 0 Å². The second kappa shape index (κ2) is 6.53. The summed E-state index contributed by atoms with van der Waals surface area (Å²) >= 11 is 0. The molecule has 0 atom stereocenters. The first-order chi connectivity index (χ1) is 11.2. The highest BCUT2D eigenvalue weighted by Gasteiger charge is 2.11. The second-order valence-electron chi connectivity index (χ2n) is 5.32. The zero-order valence-electron chi connectivity index (χ0n) is 13.2. The van der Waals surface area contributed by atoms with Gasteiger partial charge in [0.1, 0.15) is 11.5 Å². The fourth-order valence-corrected chi connectivity index (χ4v) is 2.72. The van der Waals surface area contributed by atoms with Gasteiger partial charge in [-0.3, -0.25) is 4.79 Å². The van der Waals surface area contributed by atoms with Crippen LogP contribution >= 0.6 is 0 Å². The van der Waals surface area contributed by atoms with E-state index in [1.54, 1.807) is 14.2 Å². The van der Waals surface area contributed by atoms with Gasteiger partial charge in [0.05, 0.1) is 14.2 Å². The van der Waals surface area contributed by atoms with Gasteiger partial charge in [0.25, 0.3) is 0 Å².